The average molecular weight is 122 g/mol. The SMILES string of the molecule is C#CCC(=O)/C=C/CC. The number of hydrogen-bond acceptors (Lipinski definition) is 1. The smallest absolute Gasteiger partial charge is 0.167 e. The van der Waals surface area contributed by atoms with Crippen molar-refractivity contribution in [2.24, 2.45) is 0 Å². The first-order valence-electron chi connectivity index (χ1n) is 2.94. The molecule has 0 bridgehead atoms. The maximum atomic E-state index is 10.6. The molecule has 0 unspecified atom stereocenters. The maximum absolute atomic E-state index is 10.6. The van der Waals surface area contributed by atoms with Crippen LogP contribution in [-0.2, 0) is 4.79 Å². The summed E-state index contributed by atoms with van der Waals surface area (Å²) in [4.78, 5) is 10.6. The van der Waals surface area contributed by atoms with Crippen molar-refractivity contribution in [2.45, 2.75) is 19.8 Å². The summed E-state index contributed by atoms with van der Waals surface area (Å²) in [5.41, 5.74) is 0. The second-order valence-corrected chi connectivity index (χ2v) is 1.66. The molecule has 0 aliphatic heterocycles. The Bertz CT molecular complexity index is 148. The zero-order chi connectivity index (χ0) is 7.11. The van der Waals surface area contributed by atoms with E-state index in [1.54, 1.807) is 6.08 Å². The largest absolute Gasteiger partial charge is 0.294 e. The van der Waals surface area contributed by atoms with E-state index in [0.717, 1.165) is 6.42 Å². The van der Waals surface area contributed by atoms with E-state index in [2.05, 4.69) is 5.92 Å². The molecule has 0 saturated carbocycles. The van der Waals surface area contributed by atoms with E-state index < -0.39 is 0 Å². The van der Waals surface area contributed by atoms with Crippen LogP contribution in [0.2, 0.25) is 0 Å². The van der Waals surface area contributed by atoms with Gasteiger partial charge in [-0.3, -0.25) is 4.79 Å². The fourth-order valence-electron chi connectivity index (χ4n) is 0.409. The van der Waals surface area contributed by atoms with Gasteiger partial charge in [-0.25, -0.2) is 0 Å². The molecule has 1 heteroatoms. The van der Waals surface area contributed by atoms with Crippen molar-refractivity contribution in [2.75, 3.05) is 0 Å². The molecule has 1 nitrogen and oxygen atoms in total. The number of ketones is 1. The number of carbonyl (C=O) groups is 1. The van der Waals surface area contributed by atoms with Crippen molar-refractivity contribution in [3.63, 3.8) is 0 Å². The van der Waals surface area contributed by atoms with Crippen molar-refractivity contribution in [3.05, 3.63) is 12.2 Å². The van der Waals surface area contributed by atoms with Gasteiger partial charge in [0, 0.05) is 0 Å². The van der Waals surface area contributed by atoms with Gasteiger partial charge in [0.1, 0.15) is 0 Å². The van der Waals surface area contributed by atoms with E-state index in [-0.39, 0.29) is 12.2 Å². The Morgan fingerprint density at radius 3 is 2.89 bits per heavy atom. The normalized spacial score (nSPS) is 9.33. The molecule has 0 saturated heterocycles. The monoisotopic (exact) mass is 122 g/mol. The highest BCUT2D eigenvalue weighted by Gasteiger charge is 1.88. The number of terminal acetylenes is 1. The van der Waals surface area contributed by atoms with E-state index in [4.69, 9.17) is 6.42 Å². The maximum Gasteiger partial charge on any atom is 0.167 e. The van der Waals surface area contributed by atoms with Gasteiger partial charge < -0.3 is 0 Å². The highest BCUT2D eigenvalue weighted by Crippen LogP contribution is 1.85. The summed E-state index contributed by atoms with van der Waals surface area (Å²) in [6, 6.07) is 0. The molecule has 9 heavy (non-hydrogen) atoms. The fraction of sp³-hybridized carbons (Fsp3) is 0.375. The second-order valence-electron chi connectivity index (χ2n) is 1.66. The van der Waals surface area contributed by atoms with E-state index in [9.17, 15) is 4.79 Å². The van der Waals surface area contributed by atoms with Gasteiger partial charge in [0.05, 0.1) is 6.42 Å². The zero-order valence-electron chi connectivity index (χ0n) is 5.55. The molecular formula is C8H10O. The van der Waals surface area contributed by atoms with Crippen molar-refractivity contribution < 1.29 is 4.79 Å². The predicted octanol–water partition coefficient (Wildman–Crippen LogP) is 1.54. The Labute approximate surface area is 55.8 Å². The van der Waals surface area contributed by atoms with E-state index in [1.165, 1.54) is 6.08 Å². The molecule has 0 N–H and O–H groups in total. The third-order valence-corrected chi connectivity index (χ3v) is 0.816. The quantitative estimate of drug-likeness (QED) is 0.410. The van der Waals surface area contributed by atoms with Crippen LogP contribution in [0.4, 0.5) is 0 Å². The lowest BCUT2D eigenvalue weighted by Crippen LogP contribution is -1.87. The van der Waals surface area contributed by atoms with Crippen molar-refractivity contribution in [3.8, 4) is 12.3 Å². The van der Waals surface area contributed by atoms with Gasteiger partial charge in [-0.15, -0.1) is 6.42 Å². The number of allylic oxidation sites excluding steroid dienone is 2. The molecule has 0 atom stereocenters. The van der Waals surface area contributed by atoms with Crippen LogP contribution in [0.1, 0.15) is 19.8 Å². The van der Waals surface area contributed by atoms with Crippen LogP contribution in [0.25, 0.3) is 0 Å². The van der Waals surface area contributed by atoms with Gasteiger partial charge in [-0.1, -0.05) is 18.9 Å². The van der Waals surface area contributed by atoms with Crippen LogP contribution in [0.5, 0.6) is 0 Å². The molecule has 0 aromatic carbocycles. The molecule has 0 rings (SSSR count). The van der Waals surface area contributed by atoms with Crippen molar-refractivity contribution in [1.29, 1.82) is 0 Å². The minimum Gasteiger partial charge on any atom is -0.294 e. The highest BCUT2D eigenvalue weighted by molar-refractivity contribution is 5.91. The molecule has 48 valence electrons. The van der Waals surface area contributed by atoms with Crippen LogP contribution in [0, 0.1) is 12.3 Å². The average Bonchev–Trinajstić information content (AvgIpc) is 1.85. The third kappa shape index (κ3) is 4.83. The predicted molar refractivity (Wildman–Crippen MR) is 37.9 cm³/mol. The van der Waals surface area contributed by atoms with Gasteiger partial charge >= 0.3 is 0 Å². The molecule has 0 spiro atoms. The summed E-state index contributed by atoms with van der Waals surface area (Å²) in [7, 11) is 0. The van der Waals surface area contributed by atoms with Gasteiger partial charge in [0.2, 0.25) is 0 Å². The molecule has 0 aromatic rings. The van der Waals surface area contributed by atoms with Crippen LogP contribution in [0.3, 0.4) is 0 Å². The van der Waals surface area contributed by atoms with Crippen molar-refractivity contribution >= 4 is 5.78 Å². The zero-order valence-corrected chi connectivity index (χ0v) is 5.55. The summed E-state index contributed by atoms with van der Waals surface area (Å²) in [5.74, 6) is 2.29. The van der Waals surface area contributed by atoms with Crippen LogP contribution < -0.4 is 0 Å². The van der Waals surface area contributed by atoms with E-state index in [1.807, 2.05) is 6.92 Å². The molecular weight excluding hydrogens is 112 g/mol. The minimum absolute atomic E-state index is 0.0133. The number of hydrogen-bond donors (Lipinski definition) is 0. The summed E-state index contributed by atoms with van der Waals surface area (Å²) in [6.07, 6.45) is 9.33. The van der Waals surface area contributed by atoms with Gasteiger partial charge in [0.25, 0.3) is 0 Å². The molecule has 0 aliphatic rings. The van der Waals surface area contributed by atoms with Crippen LogP contribution >= 0.6 is 0 Å². The molecule has 0 heterocycles. The Hall–Kier alpha value is -1.03. The first kappa shape index (κ1) is 7.97. The van der Waals surface area contributed by atoms with Gasteiger partial charge in [0.15, 0.2) is 5.78 Å². The standard InChI is InChI=1S/C8H10O/c1-3-5-7-8(9)6-4-2/h2,5,7H,3,6H2,1H3/b7-5+. The Kier molecular flexibility index (Phi) is 4.53. The van der Waals surface area contributed by atoms with E-state index >= 15 is 0 Å². The highest BCUT2D eigenvalue weighted by atomic mass is 16.1. The minimum atomic E-state index is 0.0133. The molecule has 0 aliphatic carbocycles. The van der Waals surface area contributed by atoms with Crippen LogP contribution in [-0.4, -0.2) is 5.78 Å². The van der Waals surface area contributed by atoms with Gasteiger partial charge in [-0.2, -0.15) is 0 Å². The fourth-order valence-corrected chi connectivity index (χ4v) is 0.409. The Morgan fingerprint density at radius 1 is 1.78 bits per heavy atom. The lowest BCUT2D eigenvalue weighted by Gasteiger charge is -1.80. The number of carbonyl (C=O) groups excluding carboxylic acids is 1. The lowest BCUT2D eigenvalue weighted by atomic mass is 10.2. The number of rotatable bonds is 3. The first-order chi connectivity index (χ1) is 4.31. The first-order valence-corrected chi connectivity index (χ1v) is 2.94. The second kappa shape index (κ2) is 5.11. The van der Waals surface area contributed by atoms with Crippen molar-refractivity contribution in [1.82, 2.24) is 0 Å². The summed E-state index contributed by atoms with van der Waals surface area (Å²) in [5, 5.41) is 0. The Morgan fingerprint density at radius 2 is 2.44 bits per heavy atom. The lowest BCUT2D eigenvalue weighted by molar-refractivity contribution is -0.113. The molecule has 0 fully saturated rings. The molecule has 0 amide bonds. The third-order valence-electron chi connectivity index (χ3n) is 0.816. The van der Waals surface area contributed by atoms with E-state index in [0.29, 0.717) is 0 Å². The van der Waals surface area contributed by atoms with Gasteiger partial charge in [-0.05, 0) is 12.5 Å². The summed E-state index contributed by atoms with van der Waals surface area (Å²) >= 11 is 0. The van der Waals surface area contributed by atoms with Crippen LogP contribution in [0.15, 0.2) is 12.2 Å². The summed E-state index contributed by atoms with van der Waals surface area (Å²) < 4.78 is 0. The molecule has 0 aromatic heterocycles. The molecule has 0 radical (unpaired) electrons. The Balaban J connectivity index is 3.53. The summed E-state index contributed by atoms with van der Waals surface area (Å²) in [6.45, 7) is 1.97. The topological polar surface area (TPSA) is 17.1 Å².